The Labute approximate surface area is 286 Å². The highest BCUT2D eigenvalue weighted by molar-refractivity contribution is 8.01. The van der Waals surface area contributed by atoms with E-state index in [0.29, 0.717) is 16.5 Å². The number of carboxylic acids is 2. The largest absolute Gasteiger partial charge is 0.543 e. The molecule has 0 spiro atoms. The first-order chi connectivity index (χ1) is 22.6. The van der Waals surface area contributed by atoms with Crippen molar-refractivity contribution in [3.8, 4) is 5.69 Å². The third-order valence-electron chi connectivity index (χ3n) is 7.39. The number of nitrogens with one attached hydrogen (secondary N) is 1. The second-order valence-electron chi connectivity index (χ2n) is 11.3. The van der Waals surface area contributed by atoms with Gasteiger partial charge in [-0.3, -0.25) is 14.5 Å². The van der Waals surface area contributed by atoms with Gasteiger partial charge in [0, 0.05) is 17.7 Å². The van der Waals surface area contributed by atoms with E-state index in [0.717, 1.165) is 33.1 Å². The van der Waals surface area contributed by atoms with Crippen LogP contribution in [0.25, 0.3) is 5.69 Å². The number of aryl methyl sites for hydroxylation is 2. The van der Waals surface area contributed by atoms with Gasteiger partial charge >= 0.3 is 11.1 Å². The van der Waals surface area contributed by atoms with Crippen molar-refractivity contribution < 1.29 is 38.8 Å². The second kappa shape index (κ2) is 13.3. The van der Waals surface area contributed by atoms with Crippen LogP contribution in [0.3, 0.4) is 0 Å². The van der Waals surface area contributed by atoms with E-state index in [4.69, 9.17) is 22.0 Å². The molecule has 1 aromatic carbocycles. The van der Waals surface area contributed by atoms with Gasteiger partial charge in [0.05, 0.1) is 22.6 Å². The molecule has 2 aliphatic rings. The molecule has 0 saturated carbocycles. The number of hydrogen-bond acceptors (Lipinski definition) is 15. The number of amides is 2. The number of hydrogen-bond donors (Lipinski definition) is 5. The molecule has 0 bridgehead atoms. The smallest absolute Gasteiger partial charge is 0.350 e. The zero-order valence-corrected chi connectivity index (χ0v) is 28.5. The summed E-state index contributed by atoms with van der Waals surface area (Å²) in [4.78, 5) is 65.4. The number of thiazole rings is 1. The predicted octanol–water partition coefficient (Wildman–Crippen LogP) is -0.0417. The number of benzene rings is 1. The van der Waals surface area contributed by atoms with Crippen molar-refractivity contribution in [2.24, 2.45) is 5.16 Å². The summed E-state index contributed by atoms with van der Waals surface area (Å²) in [6, 6.07) is 6.20. The highest BCUT2D eigenvalue weighted by Gasteiger charge is 2.53. The van der Waals surface area contributed by atoms with Crippen molar-refractivity contribution in [3.05, 3.63) is 57.7 Å². The number of carbonyl (C=O) groups excluding carboxylic acids is 3. The summed E-state index contributed by atoms with van der Waals surface area (Å²) in [7, 11) is 0. The standard InChI is InChI=1S/C29H31N9O7S3/c1-12-6-5-7-13(2)20(12)37-17(31)8-16(30)34-28(37)47-11-14-10-46-24-19(23(40)38(24)21(14)25(41)42)35-22(39)18(15-9-33-27(32)48-15)36-45-29(3,4)26(43)44/h5-9,19,24H,10-11H2,1-4H3,(H8,30,31,32,33,35,36,39,41,42,43,44). The molecule has 1 fully saturated rings. The maximum absolute atomic E-state index is 13.4. The van der Waals surface area contributed by atoms with Gasteiger partial charge in [0.15, 0.2) is 10.8 Å². The van der Waals surface area contributed by atoms with Crippen LogP contribution >= 0.6 is 34.9 Å². The summed E-state index contributed by atoms with van der Waals surface area (Å²) in [5.74, 6) is -3.61. The van der Waals surface area contributed by atoms with Gasteiger partial charge in [-0.2, -0.15) is 4.57 Å². The average molecular weight is 714 g/mol. The monoisotopic (exact) mass is 713 g/mol. The summed E-state index contributed by atoms with van der Waals surface area (Å²) in [6.07, 6.45) is 1.26. The maximum atomic E-state index is 13.4. The van der Waals surface area contributed by atoms with E-state index in [2.05, 4.69) is 20.4 Å². The first-order valence-corrected chi connectivity index (χ1v) is 17.0. The molecule has 2 atom stereocenters. The number of carboxylic acid groups (broad SMARTS) is 2. The Morgan fingerprint density at radius 1 is 1.25 bits per heavy atom. The normalized spacial score (nSPS) is 17.9. The molecule has 19 heteroatoms. The Hall–Kier alpha value is -4.88. The number of rotatable bonds is 11. The van der Waals surface area contributed by atoms with Gasteiger partial charge in [0.25, 0.3) is 11.8 Å². The van der Waals surface area contributed by atoms with Crippen molar-refractivity contribution in [1.82, 2.24) is 20.2 Å². The van der Waals surface area contributed by atoms with Crippen LogP contribution in [0.5, 0.6) is 0 Å². The van der Waals surface area contributed by atoms with Gasteiger partial charge in [-0.15, -0.1) is 11.8 Å². The fraction of sp³-hybridized carbons (Fsp3) is 0.310. The highest BCUT2D eigenvalue weighted by atomic mass is 32.2. The number of fused-ring (bicyclic) bond motifs is 1. The van der Waals surface area contributed by atoms with Crippen molar-refractivity contribution in [3.63, 3.8) is 0 Å². The zero-order chi connectivity index (χ0) is 35.1. The molecule has 5 rings (SSSR count). The summed E-state index contributed by atoms with van der Waals surface area (Å²) >= 11 is 3.35. The number of aromatic nitrogens is 3. The number of aliphatic carboxylic acids is 2. The first-order valence-electron chi connectivity index (χ1n) is 14.2. The van der Waals surface area contributed by atoms with Crippen molar-refractivity contribution in [1.29, 1.82) is 0 Å². The van der Waals surface area contributed by atoms with Crippen molar-refractivity contribution >= 4 is 81.1 Å². The van der Waals surface area contributed by atoms with E-state index in [1.807, 2.05) is 32.0 Å². The molecule has 3 aromatic rings. The van der Waals surface area contributed by atoms with Gasteiger partial charge < -0.3 is 42.4 Å². The molecule has 2 amide bonds. The minimum absolute atomic E-state index is 0.112. The number of carbonyl (C=O) groups is 4. The van der Waals surface area contributed by atoms with Crippen molar-refractivity contribution in [2.45, 2.75) is 49.9 Å². The highest BCUT2D eigenvalue weighted by Crippen LogP contribution is 2.41. The maximum Gasteiger partial charge on any atom is 0.350 e. The summed E-state index contributed by atoms with van der Waals surface area (Å²) < 4.78 is 1.75. The molecule has 0 aliphatic carbocycles. The number of thioether (sulfide) groups is 2. The van der Waals surface area contributed by atoms with Gasteiger partial charge in [-0.1, -0.05) is 39.7 Å². The number of nitrogens with zero attached hydrogens (tertiary/aromatic N) is 5. The molecule has 4 heterocycles. The molecule has 2 aliphatic heterocycles. The topological polar surface area (TPSA) is 256 Å². The van der Waals surface area contributed by atoms with E-state index in [1.165, 1.54) is 49.6 Å². The van der Waals surface area contributed by atoms with Gasteiger partial charge in [-0.05, 0) is 56.2 Å². The Morgan fingerprint density at radius 3 is 2.54 bits per heavy atom. The molecule has 16 nitrogen and oxygen atoms in total. The van der Waals surface area contributed by atoms with Gasteiger partial charge in [0.1, 0.15) is 17.1 Å². The SMILES string of the molecule is Cc1cccc(C)c1-[n+]1c(N)cc(N)nc1SCC1=C(C(=O)[O-])N2C(=O)C(NC(=O)/C(=N\OC(C)(C)C(=O)O)c3cnc(N)s3)C2SC1. The molecule has 2 aromatic heterocycles. The van der Waals surface area contributed by atoms with Crippen LogP contribution in [0.2, 0.25) is 0 Å². The third-order valence-corrected chi connectivity index (χ3v) is 10.6. The van der Waals surface area contributed by atoms with Gasteiger partial charge in [0.2, 0.25) is 17.2 Å². The number of para-hydroxylation sites is 1. The Kier molecular flexibility index (Phi) is 9.56. The summed E-state index contributed by atoms with van der Waals surface area (Å²) in [6.45, 7) is 6.35. The van der Waals surface area contributed by atoms with Crippen LogP contribution in [0.1, 0.15) is 29.9 Å². The van der Waals surface area contributed by atoms with E-state index in [9.17, 15) is 29.4 Å². The second-order valence-corrected chi connectivity index (χ2v) is 14.4. The molecule has 8 N–H and O–H groups in total. The van der Waals surface area contributed by atoms with Crippen LogP contribution in [0, 0.1) is 13.8 Å². The minimum atomic E-state index is -1.78. The number of oxime groups is 1. The van der Waals surface area contributed by atoms with E-state index >= 15 is 0 Å². The Balaban J connectivity index is 1.38. The lowest BCUT2D eigenvalue weighted by atomic mass is 10.0. The molecular formula is C29H31N9O7S3. The number of nitrogens with two attached hydrogens (primary N) is 3. The molecule has 1 saturated heterocycles. The molecule has 2 unspecified atom stereocenters. The lowest BCUT2D eigenvalue weighted by Crippen LogP contribution is -2.71. The van der Waals surface area contributed by atoms with Crippen LogP contribution < -0.4 is 32.2 Å². The Morgan fingerprint density at radius 2 is 1.94 bits per heavy atom. The molecular weight excluding hydrogens is 683 g/mol. The number of anilines is 3. The number of β-lactam (4-membered cyclic amide) rings is 1. The number of nitrogen functional groups attached to an aromatic ring is 3. The lowest BCUT2D eigenvalue weighted by molar-refractivity contribution is -0.626. The quantitative estimate of drug-likeness (QED) is 0.0437. The lowest BCUT2D eigenvalue weighted by Gasteiger charge is -2.50. The predicted molar refractivity (Wildman–Crippen MR) is 178 cm³/mol. The third kappa shape index (κ3) is 6.60. The van der Waals surface area contributed by atoms with E-state index in [1.54, 1.807) is 4.57 Å². The fourth-order valence-corrected chi connectivity index (χ4v) is 8.11. The fourth-order valence-electron chi connectivity index (χ4n) is 4.94. The van der Waals surface area contributed by atoms with Crippen LogP contribution in [0.4, 0.5) is 16.8 Å². The first kappa shape index (κ1) is 34.5. The average Bonchev–Trinajstić information content (AvgIpc) is 3.44. The zero-order valence-electron chi connectivity index (χ0n) is 26.0. The van der Waals surface area contributed by atoms with Crippen LogP contribution in [-0.2, 0) is 24.0 Å². The minimum Gasteiger partial charge on any atom is -0.543 e. The molecule has 0 radical (unpaired) electrons. The van der Waals surface area contributed by atoms with Crippen LogP contribution in [0.15, 0.2) is 52.0 Å². The van der Waals surface area contributed by atoms with Gasteiger partial charge in [-0.25, -0.2) is 9.78 Å². The molecule has 252 valence electrons. The van der Waals surface area contributed by atoms with E-state index < -0.39 is 40.8 Å². The molecule has 48 heavy (non-hydrogen) atoms. The summed E-state index contributed by atoms with van der Waals surface area (Å²) in [5.41, 5.74) is 18.8. The summed E-state index contributed by atoms with van der Waals surface area (Å²) in [5, 5.41) is 27.9. The Bertz CT molecular complexity index is 1890. The van der Waals surface area contributed by atoms with Crippen molar-refractivity contribution in [2.75, 3.05) is 28.7 Å². The van der Waals surface area contributed by atoms with Crippen LogP contribution in [-0.4, -0.2) is 78.0 Å². The van der Waals surface area contributed by atoms with E-state index in [-0.39, 0.29) is 38.7 Å².